The smallest absolute Gasteiger partial charge is 0.255 e. The number of H-pyrrole nitrogens is 2. The number of carbonyl (C=O) groups is 2. The van der Waals surface area contributed by atoms with E-state index in [0.29, 0.717) is 42.4 Å². The summed E-state index contributed by atoms with van der Waals surface area (Å²) in [6.07, 6.45) is 4.98. The second-order valence-electron chi connectivity index (χ2n) is 10.2. The van der Waals surface area contributed by atoms with E-state index in [1.54, 1.807) is 47.5 Å². The van der Waals surface area contributed by atoms with Crippen molar-refractivity contribution >= 4 is 17.5 Å². The van der Waals surface area contributed by atoms with Crippen LogP contribution < -0.4 is 21.9 Å². The zero-order chi connectivity index (χ0) is 28.1. The van der Waals surface area contributed by atoms with Gasteiger partial charge in [0.15, 0.2) is 0 Å². The number of primary amides is 1. The topological polar surface area (TPSA) is 177 Å². The maximum absolute atomic E-state index is 14.0. The van der Waals surface area contributed by atoms with Crippen LogP contribution in [0.25, 0.3) is 22.5 Å². The van der Waals surface area contributed by atoms with E-state index < -0.39 is 11.9 Å². The van der Waals surface area contributed by atoms with E-state index in [9.17, 15) is 14.4 Å². The van der Waals surface area contributed by atoms with Crippen LogP contribution >= 0.6 is 0 Å². The van der Waals surface area contributed by atoms with Crippen LogP contribution in [0.4, 0.5) is 5.69 Å². The molecule has 1 fully saturated rings. The van der Waals surface area contributed by atoms with Crippen LogP contribution in [0.3, 0.4) is 0 Å². The number of hydrogen-bond acceptors (Lipinski definition) is 7. The first-order chi connectivity index (χ1) is 19.4. The van der Waals surface area contributed by atoms with E-state index in [1.807, 2.05) is 24.3 Å². The molecule has 5 rings (SSSR count). The maximum atomic E-state index is 14.0. The molecule has 0 bridgehead atoms. The SMILES string of the molecule is NCC1CCC(C(=O)N(c2ccc(-c3nn[nH]n3)cc2)[C@@H](Cc2ccc(-c3ccc[nH]c3=O)cc2)C(N)=O)CC1. The summed E-state index contributed by atoms with van der Waals surface area (Å²) in [5.74, 6) is -0.120. The molecule has 2 heterocycles. The van der Waals surface area contributed by atoms with E-state index in [-0.39, 0.29) is 23.8 Å². The molecule has 0 radical (unpaired) electrons. The van der Waals surface area contributed by atoms with Crippen molar-refractivity contribution in [3.8, 4) is 22.5 Å². The fraction of sp³-hybridized carbons (Fsp3) is 0.310. The van der Waals surface area contributed by atoms with Crippen LogP contribution in [0.15, 0.2) is 71.7 Å². The number of pyridine rings is 1. The van der Waals surface area contributed by atoms with E-state index >= 15 is 0 Å². The number of aromatic amines is 2. The lowest BCUT2D eigenvalue weighted by molar-refractivity contribution is -0.127. The highest BCUT2D eigenvalue weighted by molar-refractivity contribution is 6.01. The summed E-state index contributed by atoms with van der Waals surface area (Å²) in [4.78, 5) is 43.4. The minimum atomic E-state index is -0.915. The summed E-state index contributed by atoms with van der Waals surface area (Å²) < 4.78 is 0. The second-order valence-corrected chi connectivity index (χ2v) is 10.2. The van der Waals surface area contributed by atoms with Gasteiger partial charge in [-0.1, -0.05) is 24.3 Å². The highest BCUT2D eigenvalue weighted by atomic mass is 16.2. The Morgan fingerprint density at radius 3 is 2.27 bits per heavy atom. The fourth-order valence-corrected chi connectivity index (χ4v) is 5.37. The average molecular weight is 541 g/mol. The number of carbonyl (C=O) groups excluding carboxylic acids is 2. The zero-order valence-corrected chi connectivity index (χ0v) is 22.0. The number of amides is 2. The molecule has 0 unspecified atom stereocenters. The summed E-state index contributed by atoms with van der Waals surface area (Å²) in [5, 5.41) is 14.0. The number of tetrazole rings is 1. The Morgan fingerprint density at radius 2 is 1.68 bits per heavy atom. The fourth-order valence-electron chi connectivity index (χ4n) is 5.37. The number of aromatic nitrogens is 5. The molecule has 206 valence electrons. The van der Waals surface area contributed by atoms with Gasteiger partial charge in [-0.05, 0) is 90.9 Å². The Balaban J connectivity index is 1.45. The molecule has 0 spiro atoms. The molecule has 0 aliphatic heterocycles. The van der Waals surface area contributed by atoms with Crippen LogP contribution in [0, 0.1) is 11.8 Å². The van der Waals surface area contributed by atoms with Gasteiger partial charge in [-0.2, -0.15) is 5.21 Å². The minimum absolute atomic E-state index is 0.126. The average Bonchev–Trinajstić information content (AvgIpc) is 3.53. The highest BCUT2D eigenvalue weighted by Crippen LogP contribution is 2.33. The molecule has 2 amide bonds. The summed E-state index contributed by atoms with van der Waals surface area (Å²) in [5.41, 5.74) is 15.0. The Kier molecular flexibility index (Phi) is 8.11. The van der Waals surface area contributed by atoms with Crippen LogP contribution in [0.1, 0.15) is 31.2 Å². The Labute approximate surface area is 231 Å². The van der Waals surface area contributed by atoms with Crippen molar-refractivity contribution in [2.75, 3.05) is 11.4 Å². The Hall–Kier alpha value is -4.64. The third-order valence-corrected chi connectivity index (χ3v) is 7.67. The molecule has 1 saturated carbocycles. The van der Waals surface area contributed by atoms with E-state index in [4.69, 9.17) is 11.5 Å². The third kappa shape index (κ3) is 5.84. The van der Waals surface area contributed by atoms with E-state index in [2.05, 4.69) is 25.6 Å². The molecule has 40 heavy (non-hydrogen) atoms. The minimum Gasteiger partial charge on any atom is -0.368 e. The van der Waals surface area contributed by atoms with Gasteiger partial charge in [-0.15, -0.1) is 10.2 Å². The number of anilines is 1. The predicted octanol–water partition coefficient (Wildman–Crippen LogP) is 2.42. The standard InChI is InChI=1S/C29H32N8O3/c30-17-19-5-9-22(10-6-19)29(40)37(23-13-11-21(12-14-23)27-33-35-36-34-27)25(26(31)38)16-18-3-7-20(8-4-18)24-2-1-15-32-28(24)39/h1-4,7-8,11-15,19,22,25H,5-6,9-10,16-17,30H2,(H2,31,38)(H,32,39)(H,33,34,35,36)/t19?,22?,25-/m0/s1. The van der Waals surface area contributed by atoms with Crippen molar-refractivity contribution in [3.05, 3.63) is 82.8 Å². The second kappa shape index (κ2) is 12.0. The molecular formula is C29H32N8O3. The van der Waals surface area contributed by atoms with E-state index in [0.717, 1.165) is 29.5 Å². The van der Waals surface area contributed by atoms with Gasteiger partial charge in [0.2, 0.25) is 17.6 Å². The summed E-state index contributed by atoms with van der Waals surface area (Å²) in [6.45, 7) is 0.608. The normalized spacial score (nSPS) is 17.7. The first kappa shape index (κ1) is 26.9. The Bertz CT molecular complexity index is 1490. The summed E-state index contributed by atoms with van der Waals surface area (Å²) in [6, 6.07) is 17.1. The van der Waals surface area contributed by atoms with Gasteiger partial charge in [0.1, 0.15) is 6.04 Å². The maximum Gasteiger partial charge on any atom is 0.255 e. The third-order valence-electron chi connectivity index (χ3n) is 7.67. The van der Waals surface area contributed by atoms with Gasteiger partial charge in [-0.25, -0.2) is 0 Å². The van der Waals surface area contributed by atoms with Crippen LogP contribution in [0.5, 0.6) is 0 Å². The molecule has 2 aromatic heterocycles. The Morgan fingerprint density at radius 1 is 0.975 bits per heavy atom. The number of rotatable bonds is 9. The molecule has 6 N–H and O–H groups in total. The lowest BCUT2D eigenvalue weighted by atomic mass is 9.81. The molecule has 1 aliphatic rings. The number of nitrogens with one attached hydrogen (secondary N) is 2. The molecule has 11 nitrogen and oxygen atoms in total. The number of nitrogens with zero attached hydrogens (tertiary/aromatic N) is 4. The molecular weight excluding hydrogens is 508 g/mol. The lowest BCUT2D eigenvalue weighted by Crippen LogP contribution is -2.52. The van der Waals surface area contributed by atoms with Gasteiger partial charge in [-0.3, -0.25) is 19.3 Å². The van der Waals surface area contributed by atoms with Crippen molar-refractivity contribution in [2.45, 2.75) is 38.1 Å². The summed E-state index contributed by atoms with van der Waals surface area (Å²) in [7, 11) is 0. The molecule has 4 aromatic rings. The molecule has 11 heteroatoms. The predicted molar refractivity (Wildman–Crippen MR) is 151 cm³/mol. The van der Waals surface area contributed by atoms with Gasteiger partial charge in [0, 0.05) is 35.3 Å². The molecule has 2 aromatic carbocycles. The first-order valence-electron chi connectivity index (χ1n) is 13.4. The number of hydrogen-bond donors (Lipinski definition) is 4. The molecule has 1 aliphatic carbocycles. The lowest BCUT2D eigenvalue weighted by Gasteiger charge is -2.35. The zero-order valence-electron chi connectivity index (χ0n) is 22.0. The van der Waals surface area contributed by atoms with Gasteiger partial charge >= 0.3 is 0 Å². The van der Waals surface area contributed by atoms with Crippen molar-refractivity contribution in [1.29, 1.82) is 0 Å². The van der Waals surface area contributed by atoms with Gasteiger partial charge in [0.05, 0.1) is 0 Å². The molecule has 0 saturated heterocycles. The van der Waals surface area contributed by atoms with Crippen molar-refractivity contribution < 1.29 is 9.59 Å². The van der Waals surface area contributed by atoms with Crippen molar-refractivity contribution in [3.63, 3.8) is 0 Å². The van der Waals surface area contributed by atoms with Crippen LogP contribution in [-0.4, -0.2) is 50.0 Å². The van der Waals surface area contributed by atoms with E-state index in [1.165, 1.54) is 0 Å². The van der Waals surface area contributed by atoms with Gasteiger partial charge < -0.3 is 16.5 Å². The highest BCUT2D eigenvalue weighted by Gasteiger charge is 2.36. The summed E-state index contributed by atoms with van der Waals surface area (Å²) >= 11 is 0. The molecule has 1 atom stereocenters. The van der Waals surface area contributed by atoms with Gasteiger partial charge in [0.25, 0.3) is 5.56 Å². The number of nitrogens with two attached hydrogens (primary N) is 2. The van der Waals surface area contributed by atoms with Crippen LogP contribution in [-0.2, 0) is 16.0 Å². The first-order valence-corrected chi connectivity index (χ1v) is 13.4. The quantitative estimate of drug-likeness (QED) is 0.252. The largest absolute Gasteiger partial charge is 0.368 e. The monoisotopic (exact) mass is 540 g/mol. The van der Waals surface area contributed by atoms with Crippen molar-refractivity contribution in [1.82, 2.24) is 25.6 Å². The number of benzene rings is 2. The van der Waals surface area contributed by atoms with Crippen LogP contribution in [0.2, 0.25) is 0 Å². The van der Waals surface area contributed by atoms with Crippen molar-refractivity contribution in [2.24, 2.45) is 23.3 Å².